The number of carbonyl (C=O) groups excluding carboxylic acids is 2. The lowest BCUT2D eigenvalue weighted by Crippen LogP contribution is -2.53. The van der Waals surface area contributed by atoms with Gasteiger partial charge in [-0.3, -0.25) is 13.9 Å². The lowest BCUT2D eigenvalue weighted by molar-refractivity contribution is -0.140. The fourth-order valence-corrected chi connectivity index (χ4v) is 6.91. The highest BCUT2D eigenvalue weighted by Gasteiger charge is 2.34. The zero-order chi connectivity index (χ0) is 29.4. The maximum Gasteiger partial charge on any atom is 0.264 e. The Balaban J connectivity index is 1.70. The molecule has 1 unspecified atom stereocenters. The smallest absolute Gasteiger partial charge is 0.264 e. The number of hydrogen-bond acceptors (Lipinski definition) is 5. The second-order valence-corrected chi connectivity index (χ2v) is 12.9. The molecule has 1 atom stereocenters. The summed E-state index contributed by atoms with van der Waals surface area (Å²) in [4.78, 5) is 29.3. The van der Waals surface area contributed by atoms with Crippen LogP contribution in [0.4, 0.5) is 5.69 Å². The Hall–Kier alpha value is -3.37. The first-order chi connectivity index (χ1) is 19.7. The van der Waals surface area contributed by atoms with Gasteiger partial charge in [0, 0.05) is 17.1 Å². The number of nitrogens with zero attached hydrogens (tertiary/aromatic N) is 2. The van der Waals surface area contributed by atoms with Crippen molar-refractivity contribution in [1.29, 1.82) is 0 Å². The molecule has 0 aliphatic heterocycles. The molecule has 3 aromatic rings. The molecular formula is C31H36BrN3O5S. The molecule has 4 rings (SSSR count). The number of sulfonamides is 1. The summed E-state index contributed by atoms with van der Waals surface area (Å²) in [6, 6.07) is 21.4. The predicted octanol–water partition coefficient (Wildman–Crippen LogP) is 5.52. The van der Waals surface area contributed by atoms with Gasteiger partial charge in [0.25, 0.3) is 10.0 Å². The standard InChI is InChI=1S/C31H36BrN3O5S/c1-3-29(31(37)33-25-11-7-8-12-25)34(21-23-16-18-27(40-2)19-17-23)30(36)22-35(26-13-9-10-24(32)20-26)41(38,39)28-14-5-4-6-15-28/h4-6,9-10,13-20,25,29H,3,7-8,11-12,21-22H2,1-2H3,(H,33,37). The van der Waals surface area contributed by atoms with Crippen molar-refractivity contribution in [2.24, 2.45) is 0 Å². The summed E-state index contributed by atoms with van der Waals surface area (Å²) < 4.78 is 34.8. The fourth-order valence-electron chi connectivity index (χ4n) is 5.09. The van der Waals surface area contributed by atoms with E-state index in [1.165, 1.54) is 17.0 Å². The number of amides is 2. The average molecular weight is 643 g/mol. The Morgan fingerprint density at radius 1 is 1.00 bits per heavy atom. The lowest BCUT2D eigenvalue weighted by atomic mass is 10.1. The summed E-state index contributed by atoms with van der Waals surface area (Å²) in [5.41, 5.74) is 1.13. The molecule has 41 heavy (non-hydrogen) atoms. The van der Waals surface area contributed by atoms with Crippen LogP contribution in [0.3, 0.4) is 0 Å². The maximum absolute atomic E-state index is 14.2. The summed E-state index contributed by atoms with van der Waals surface area (Å²) in [7, 11) is -2.53. The second-order valence-electron chi connectivity index (χ2n) is 10.1. The number of methoxy groups -OCH3 is 1. The van der Waals surface area contributed by atoms with E-state index in [4.69, 9.17) is 4.74 Å². The number of rotatable bonds is 12. The van der Waals surface area contributed by atoms with Crippen LogP contribution >= 0.6 is 15.9 Å². The van der Waals surface area contributed by atoms with Crippen LogP contribution < -0.4 is 14.4 Å². The van der Waals surface area contributed by atoms with E-state index in [9.17, 15) is 18.0 Å². The van der Waals surface area contributed by atoms with Crippen LogP contribution in [-0.4, -0.2) is 50.9 Å². The molecule has 0 heterocycles. The van der Waals surface area contributed by atoms with E-state index in [2.05, 4.69) is 21.2 Å². The van der Waals surface area contributed by atoms with Crippen LogP contribution in [0, 0.1) is 0 Å². The summed E-state index contributed by atoms with van der Waals surface area (Å²) >= 11 is 3.42. The number of hydrogen-bond donors (Lipinski definition) is 1. The molecule has 1 aliphatic rings. The van der Waals surface area contributed by atoms with Gasteiger partial charge in [0.15, 0.2) is 0 Å². The molecule has 2 amide bonds. The molecule has 1 aliphatic carbocycles. The van der Waals surface area contributed by atoms with Gasteiger partial charge in [-0.15, -0.1) is 0 Å². The SMILES string of the molecule is CCC(C(=O)NC1CCCC1)N(Cc1ccc(OC)cc1)C(=O)CN(c1cccc(Br)c1)S(=O)(=O)c1ccccc1. The first-order valence-electron chi connectivity index (χ1n) is 13.8. The summed E-state index contributed by atoms with van der Waals surface area (Å²) in [5.74, 6) is -0.0256. The number of halogens is 1. The lowest BCUT2D eigenvalue weighted by Gasteiger charge is -2.33. The normalized spacial score (nSPS) is 14.3. The molecule has 10 heteroatoms. The Labute approximate surface area is 250 Å². The highest BCUT2D eigenvalue weighted by atomic mass is 79.9. The highest BCUT2D eigenvalue weighted by molar-refractivity contribution is 9.10. The third-order valence-electron chi connectivity index (χ3n) is 7.31. The molecule has 0 aromatic heterocycles. The van der Waals surface area contributed by atoms with E-state index in [1.807, 2.05) is 19.1 Å². The van der Waals surface area contributed by atoms with E-state index < -0.39 is 28.5 Å². The first kappa shape index (κ1) is 30.6. The van der Waals surface area contributed by atoms with E-state index >= 15 is 0 Å². The van der Waals surface area contributed by atoms with Crippen LogP contribution in [0.1, 0.15) is 44.6 Å². The van der Waals surface area contributed by atoms with Crippen LogP contribution in [0.25, 0.3) is 0 Å². The van der Waals surface area contributed by atoms with Crippen LogP contribution in [0.2, 0.25) is 0 Å². The van der Waals surface area contributed by atoms with Crippen LogP contribution in [-0.2, 0) is 26.2 Å². The number of nitrogens with one attached hydrogen (secondary N) is 1. The first-order valence-corrected chi connectivity index (χ1v) is 16.0. The number of ether oxygens (including phenoxy) is 1. The van der Waals surface area contributed by atoms with Gasteiger partial charge in [-0.25, -0.2) is 8.42 Å². The Bertz CT molecular complexity index is 1430. The van der Waals surface area contributed by atoms with Crippen molar-refractivity contribution in [1.82, 2.24) is 10.2 Å². The summed E-state index contributed by atoms with van der Waals surface area (Å²) in [6.07, 6.45) is 4.34. The van der Waals surface area contributed by atoms with Gasteiger partial charge in [0.05, 0.1) is 17.7 Å². The van der Waals surface area contributed by atoms with E-state index in [0.29, 0.717) is 22.3 Å². The van der Waals surface area contributed by atoms with Crippen molar-refractivity contribution in [2.75, 3.05) is 18.0 Å². The topological polar surface area (TPSA) is 96.0 Å². The quantitative estimate of drug-likeness (QED) is 0.281. The van der Waals surface area contributed by atoms with Crippen molar-refractivity contribution in [3.8, 4) is 5.75 Å². The van der Waals surface area contributed by atoms with Crippen molar-refractivity contribution >= 4 is 43.5 Å². The molecule has 0 bridgehead atoms. The minimum absolute atomic E-state index is 0.0699. The van der Waals surface area contributed by atoms with E-state index in [1.54, 1.807) is 61.7 Å². The van der Waals surface area contributed by atoms with Gasteiger partial charge >= 0.3 is 0 Å². The van der Waals surface area contributed by atoms with Crippen molar-refractivity contribution in [2.45, 2.75) is 62.6 Å². The maximum atomic E-state index is 14.2. The zero-order valence-corrected chi connectivity index (χ0v) is 25.7. The molecule has 218 valence electrons. The average Bonchev–Trinajstić information content (AvgIpc) is 3.49. The van der Waals surface area contributed by atoms with Gasteiger partial charge in [0.1, 0.15) is 18.3 Å². The number of benzene rings is 3. The Morgan fingerprint density at radius 3 is 2.29 bits per heavy atom. The molecule has 1 saturated carbocycles. The fraction of sp³-hybridized carbons (Fsp3) is 0.355. The van der Waals surface area contributed by atoms with Crippen molar-refractivity contribution < 1.29 is 22.7 Å². The van der Waals surface area contributed by atoms with Crippen molar-refractivity contribution in [3.63, 3.8) is 0 Å². The number of anilines is 1. The molecule has 1 fully saturated rings. The van der Waals surface area contributed by atoms with Crippen LogP contribution in [0.15, 0.2) is 88.2 Å². The van der Waals surface area contributed by atoms with Crippen LogP contribution in [0.5, 0.6) is 5.75 Å². The third-order valence-corrected chi connectivity index (χ3v) is 9.59. The monoisotopic (exact) mass is 641 g/mol. The minimum Gasteiger partial charge on any atom is -0.497 e. The molecule has 0 radical (unpaired) electrons. The Morgan fingerprint density at radius 2 is 1.68 bits per heavy atom. The Kier molecular flexibility index (Phi) is 10.4. The van der Waals surface area contributed by atoms with Gasteiger partial charge < -0.3 is 15.0 Å². The van der Waals surface area contributed by atoms with E-state index in [0.717, 1.165) is 35.6 Å². The molecule has 0 saturated heterocycles. The predicted molar refractivity (Wildman–Crippen MR) is 163 cm³/mol. The molecule has 0 spiro atoms. The van der Waals surface area contributed by atoms with E-state index in [-0.39, 0.29) is 23.4 Å². The second kappa shape index (κ2) is 14.0. The largest absolute Gasteiger partial charge is 0.497 e. The minimum atomic E-state index is -4.10. The van der Waals surface area contributed by atoms with Gasteiger partial charge in [0.2, 0.25) is 11.8 Å². The van der Waals surface area contributed by atoms with Crippen molar-refractivity contribution in [3.05, 3.63) is 88.9 Å². The number of carbonyl (C=O) groups is 2. The summed E-state index contributed by atoms with van der Waals surface area (Å²) in [6.45, 7) is 1.52. The van der Waals surface area contributed by atoms with Gasteiger partial charge in [-0.2, -0.15) is 0 Å². The molecule has 1 N–H and O–H groups in total. The third kappa shape index (κ3) is 7.68. The zero-order valence-electron chi connectivity index (χ0n) is 23.3. The molecule has 8 nitrogen and oxygen atoms in total. The summed E-state index contributed by atoms with van der Waals surface area (Å²) in [5, 5.41) is 3.13. The highest BCUT2D eigenvalue weighted by Crippen LogP contribution is 2.27. The van der Waals surface area contributed by atoms with Gasteiger partial charge in [-0.1, -0.05) is 72.1 Å². The van der Waals surface area contributed by atoms with Gasteiger partial charge in [-0.05, 0) is 67.3 Å². The molecular weight excluding hydrogens is 606 g/mol. The molecule has 3 aromatic carbocycles.